The number of halogens is 2. The highest BCUT2D eigenvalue weighted by Gasteiger charge is 2.35. The van der Waals surface area contributed by atoms with Gasteiger partial charge < -0.3 is 19.9 Å². The third kappa shape index (κ3) is 6.92. The Bertz CT molecular complexity index is 1260. The number of aliphatic hydroxyl groups excluding tert-OH is 1. The van der Waals surface area contributed by atoms with E-state index in [-0.39, 0.29) is 18.6 Å². The summed E-state index contributed by atoms with van der Waals surface area (Å²) >= 11 is 0. The van der Waals surface area contributed by atoms with Crippen LogP contribution in [0.25, 0.3) is 5.69 Å². The van der Waals surface area contributed by atoms with Gasteiger partial charge in [-0.05, 0) is 43.2 Å². The standard InChI is InChI=1S/C28H35F2N5O4/c1-4-21(36)17-39-27-18(2)26(35(33-27)20-8-6-5-7-9-20)32-28(37)31-25-16-34(12-13-38-3)15-22(25)19-10-11-23(29)24(30)14-19/h5-11,14,21-22,25,36H,4,12-13,15-17H2,1-3H3,(H2,31,32,37)/t21?,22-,25+/m0/s1. The minimum Gasteiger partial charge on any atom is -0.474 e. The smallest absolute Gasteiger partial charge is 0.320 e. The zero-order valence-electron chi connectivity index (χ0n) is 22.4. The summed E-state index contributed by atoms with van der Waals surface area (Å²) in [7, 11) is 1.62. The molecule has 11 heteroatoms. The monoisotopic (exact) mass is 543 g/mol. The molecule has 2 heterocycles. The number of aliphatic hydroxyl groups is 1. The van der Waals surface area contributed by atoms with E-state index >= 15 is 0 Å². The number of hydrogen-bond donors (Lipinski definition) is 3. The molecule has 1 fully saturated rings. The van der Waals surface area contributed by atoms with Crippen LogP contribution >= 0.6 is 0 Å². The summed E-state index contributed by atoms with van der Waals surface area (Å²) in [6.07, 6.45) is -0.101. The molecule has 1 saturated heterocycles. The molecule has 4 rings (SSSR count). The van der Waals surface area contributed by atoms with Gasteiger partial charge in [-0.15, -0.1) is 5.10 Å². The lowest BCUT2D eigenvalue weighted by Crippen LogP contribution is -2.42. The summed E-state index contributed by atoms with van der Waals surface area (Å²) in [6, 6.07) is 12.3. The fourth-order valence-electron chi connectivity index (χ4n) is 4.64. The summed E-state index contributed by atoms with van der Waals surface area (Å²) in [5, 5.41) is 20.4. The van der Waals surface area contributed by atoms with Gasteiger partial charge in [-0.1, -0.05) is 31.2 Å². The van der Waals surface area contributed by atoms with Crippen LogP contribution in [0.2, 0.25) is 0 Å². The van der Waals surface area contributed by atoms with Crippen LogP contribution in [0.5, 0.6) is 5.88 Å². The second-order valence-corrected chi connectivity index (χ2v) is 9.64. The van der Waals surface area contributed by atoms with Crippen LogP contribution in [0.4, 0.5) is 19.4 Å². The number of aromatic nitrogens is 2. The maximum absolute atomic E-state index is 14.1. The molecule has 1 unspecified atom stereocenters. The maximum atomic E-state index is 14.1. The highest BCUT2D eigenvalue weighted by molar-refractivity contribution is 5.90. The summed E-state index contributed by atoms with van der Waals surface area (Å²) in [4.78, 5) is 15.4. The fourth-order valence-corrected chi connectivity index (χ4v) is 4.64. The second kappa shape index (κ2) is 13.0. The quantitative estimate of drug-likeness (QED) is 0.340. The number of amides is 2. The first kappa shape index (κ1) is 28.5. The summed E-state index contributed by atoms with van der Waals surface area (Å²) in [5.74, 6) is -1.37. The predicted molar refractivity (Wildman–Crippen MR) is 143 cm³/mol. The molecule has 0 radical (unpaired) electrons. The predicted octanol–water partition coefficient (Wildman–Crippen LogP) is 3.84. The van der Waals surface area contributed by atoms with E-state index in [1.165, 1.54) is 6.07 Å². The minimum absolute atomic E-state index is 0.0735. The highest BCUT2D eigenvalue weighted by Crippen LogP contribution is 2.31. The number of benzene rings is 2. The number of rotatable bonds is 11. The van der Waals surface area contributed by atoms with Gasteiger partial charge in [-0.25, -0.2) is 18.3 Å². The third-order valence-corrected chi connectivity index (χ3v) is 6.89. The van der Waals surface area contributed by atoms with Gasteiger partial charge in [0.2, 0.25) is 5.88 Å². The van der Waals surface area contributed by atoms with Crippen molar-refractivity contribution in [1.29, 1.82) is 0 Å². The Kier molecular flexibility index (Phi) is 9.50. The van der Waals surface area contributed by atoms with Gasteiger partial charge in [0, 0.05) is 32.7 Å². The molecule has 0 spiro atoms. The zero-order valence-corrected chi connectivity index (χ0v) is 22.4. The topological polar surface area (TPSA) is 101 Å². The molecule has 2 amide bonds. The normalized spacial score (nSPS) is 18.2. The molecule has 0 saturated carbocycles. The number of nitrogens with one attached hydrogen (secondary N) is 2. The van der Waals surface area contributed by atoms with Crippen LogP contribution in [-0.4, -0.2) is 77.9 Å². The molecular formula is C28H35F2N5O4. The number of para-hydroxylation sites is 1. The fraction of sp³-hybridized carbons (Fsp3) is 0.429. The van der Waals surface area contributed by atoms with Gasteiger partial charge in [-0.2, -0.15) is 0 Å². The van der Waals surface area contributed by atoms with Crippen LogP contribution in [0.1, 0.15) is 30.4 Å². The van der Waals surface area contributed by atoms with E-state index in [0.717, 1.165) is 6.07 Å². The molecule has 3 atom stereocenters. The van der Waals surface area contributed by atoms with E-state index in [4.69, 9.17) is 9.47 Å². The number of nitrogens with zero attached hydrogens (tertiary/aromatic N) is 3. The Labute approximate surface area is 226 Å². The van der Waals surface area contributed by atoms with Crippen molar-refractivity contribution < 1.29 is 28.2 Å². The van der Waals surface area contributed by atoms with E-state index in [1.54, 1.807) is 24.8 Å². The van der Waals surface area contributed by atoms with Gasteiger partial charge in [0.1, 0.15) is 12.4 Å². The molecule has 210 valence electrons. The zero-order chi connectivity index (χ0) is 27.9. The number of anilines is 1. The van der Waals surface area contributed by atoms with E-state index < -0.39 is 23.8 Å². The Morgan fingerprint density at radius 2 is 1.95 bits per heavy atom. The Morgan fingerprint density at radius 1 is 1.18 bits per heavy atom. The number of methoxy groups -OCH3 is 1. The van der Waals surface area contributed by atoms with Gasteiger partial charge in [0.05, 0.1) is 30.0 Å². The average molecular weight is 544 g/mol. The lowest BCUT2D eigenvalue weighted by Gasteiger charge is -2.21. The molecule has 1 aromatic heterocycles. The highest BCUT2D eigenvalue weighted by atomic mass is 19.2. The first-order valence-electron chi connectivity index (χ1n) is 13.0. The number of likely N-dealkylation sites (tertiary alicyclic amines) is 1. The molecule has 39 heavy (non-hydrogen) atoms. The Balaban J connectivity index is 1.56. The van der Waals surface area contributed by atoms with Gasteiger partial charge >= 0.3 is 6.03 Å². The number of ether oxygens (including phenoxy) is 2. The van der Waals surface area contributed by atoms with Crippen molar-refractivity contribution in [2.24, 2.45) is 0 Å². The van der Waals surface area contributed by atoms with Crippen molar-refractivity contribution in [3.05, 3.63) is 71.3 Å². The Morgan fingerprint density at radius 3 is 2.64 bits per heavy atom. The lowest BCUT2D eigenvalue weighted by molar-refractivity contribution is 0.101. The van der Waals surface area contributed by atoms with Crippen LogP contribution < -0.4 is 15.4 Å². The maximum Gasteiger partial charge on any atom is 0.320 e. The lowest BCUT2D eigenvalue weighted by atomic mass is 9.94. The molecule has 1 aliphatic rings. The Hall–Kier alpha value is -3.54. The average Bonchev–Trinajstić information content (AvgIpc) is 3.48. The summed E-state index contributed by atoms with van der Waals surface area (Å²) < 4.78 is 40.2. The molecule has 1 aliphatic heterocycles. The molecular weight excluding hydrogens is 508 g/mol. The van der Waals surface area contributed by atoms with Gasteiger partial charge in [-0.3, -0.25) is 10.2 Å². The number of carbonyl (C=O) groups excluding carboxylic acids is 1. The van der Waals surface area contributed by atoms with E-state index in [2.05, 4.69) is 20.6 Å². The number of hydrogen-bond acceptors (Lipinski definition) is 6. The van der Waals surface area contributed by atoms with Crippen molar-refractivity contribution in [2.75, 3.05) is 45.3 Å². The molecule has 3 N–H and O–H groups in total. The van der Waals surface area contributed by atoms with Gasteiger partial charge in [0.15, 0.2) is 11.6 Å². The van der Waals surface area contributed by atoms with E-state index in [1.807, 2.05) is 37.3 Å². The van der Waals surface area contributed by atoms with Crippen molar-refractivity contribution in [3.63, 3.8) is 0 Å². The van der Waals surface area contributed by atoms with Crippen molar-refractivity contribution >= 4 is 11.8 Å². The largest absolute Gasteiger partial charge is 0.474 e. The van der Waals surface area contributed by atoms with Crippen LogP contribution in [-0.2, 0) is 4.74 Å². The van der Waals surface area contributed by atoms with Crippen LogP contribution in [0, 0.1) is 18.6 Å². The first-order chi connectivity index (χ1) is 18.8. The molecule has 0 bridgehead atoms. The third-order valence-electron chi connectivity index (χ3n) is 6.89. The summed E-state index contributed by atoms with van der Waals surface area (Å²) in [6.45, 7) is 5.92. The minimum atomic E-state index is -0.922. The summed E-state index contributed by atoms with van der Waals surface area (Å²) in [5.41, 5.74) is 1.92. The number of carbonyl (C=O) groups is 1. The van der Waals surface area contributed by atoms with Crippen molar-refractivity contribution in [3.8, 4) is 11.6 Å². The van der Waals surface area contributed by atoms with Gasteiger partial charge in [0.25, 0.3) is 0 Å². The molecule has 3 aromatic rings. The first-order valence-corrected chi connectivity index (χ1v) is 13.0. The molecule has 2 aromatic carbocycles. The SMILES string of the molecule is CCC(O)COc1nn(-c2ccccc2)c(NC(=O)N[C@@H]2CN(CCOC)C[C@H]2c2ccc(F)c(F)c2)c1C. The van der Waals surface area contributed by atoms with E-state index in [9.17, 15) is 18.7 Å². The molecule has 0 aliphatic carbocycles. The second-order valence-electron chi connectivity index (χ2n) is 9.64. The van der Waals surface area contributed by atoms with Crippen LogP contribution in [0.15, 0.2) is 48.5 Å². The van der Waals surface area contributed by atoms with Crippen molar-refractivity contribution in [1.82, 2.24) is 20.0 Å². The van der Waals surface area contributed by atoms with E-state index in [0.29, 0.717) is 61.2 Å². The number of urea groups is 1. The molecule has 9 nitrogen and oxygen atoms in total. The van der Waals surface area contributed by atoms with Crippen LogP contribution in [0.3, 0.4) is 0 Å². The van der Waals surface area contributed by atoms with Crippen molar-refractivity contribution in [2.45, 2.75) is 38.3 Å².